The molecule has 1 amide bonds. The highest BCUT2D eigenvalue weighted by Gasteiger charge is 2.11. The first-order valence-corrected chi connectivity index (χ1v) is 4.60. The number of amides is 1. The molecule has 0 aliphatic rings. The third-order valence-electron chi connectivity index (χ3n) is 1.93. The molecular formula is C10H14N2O3. The minimum Gasteiger partial charge on any atom is -0.453 e. The molecule has 0 aliphatic carbocycles. The van der Waals surface area contributed by atoms with Crippen LogP contribution in [0.25, 0.3) is 0 Å². The molecule has 1 heterocycles. The van der Waals surface area contributed by atoms with Crippen molar-refractivity contribution in [1.29, 1.82) is 0 Å². The van der Waals surface area contributed by atoms with E-state index < -0.39 is 6.09 Å². The first-order chi connectivity index (χ1) is 7.26. The van der Waals surface area contributed by atoms with E-state index in [1.54, 1.807) is 12.4 Å². The second-order valence-electron chi connectivity index (χ2n) is 3.08. The van der Waals surface area contributed by atoms with E-state index >= 15 is 0 Å². The molecule has 2 N–H and O–H groups in total. The Balaban J connectivity index is 2.50. The Hall–Kier alpha value is -1.62. The molecule has 0 unspecified atom stereocenters. The number of hydrogen-bond donors (Lipinski definition) is 2. The quantitative estimate of drug-likeness (QED) is 0.751. The Morgan fingerprint density at radius 2 is 2.53 bits per heavy atom. The van der Waals surface area contributed by atoms with Gasteiger partial charge in [-0.1, -0.05) is 6.07 Å². The maximum absolute atomic E-state index is 10.9. The van der Waals surface area contributed by atoms with Gasteiger partial charge in [0.2, 0.25) is 0 Å². The van der Waals surface area contributed by atoms with Crippen LogP contribution in [0.2, 0.25) is 0 Å². The maximum Gasteiger partial charge on any atom is 0.407 e. The molecule has 1 aromatic rings. The van der Waals surface area contributed by atoms with E-state index in [9.17, 15) is 4.79 Å². The maximum atomic E-state index is 10.9. The van der Waals surface area contributed by atoms with Crippen LogP contribution in [0.1, 0.15) is 5.56 Å². The van der Waals surface area contributed by atoms with Crippen molar-refractivity contribution in [3.63, 3.8) is 0 Å². The van der Waals surface area contributed by atoms with Crippen LogP contribution in [0.5, 0.6) is 0 Å². The zero-order chi connectivity index (χ0) is 11.1. The number of methoxy groups -OCH3 is 1. The van der Waals surface area contributed by atoms with E-state index in [0.29, 0.717) is 6.42 Å². The molecule has 0 bridgehead atoms. The fourth-order valence-electron chi connectivity index (χ4n) is 1.19. The summed E-state index contributed by atoms with van der Waals surface area (Å²) in [5, 5.41) is 11.6. The standard InChI is InChI=1S/C10H14N2O3/c1-15-10(14)12-9(7-13)5-8-3-2-4-11-6-8/h2-4,6,9,13H,5,7H2,1H3,(H,12,14)/t9-/m0/s1. The topological polar surface area (TPSA) is 71.5 Å². The van der Waals surface area contributed by atoms with Crippen LogP contribution in [0.4, 0.5) is 4.79 Å². The van der Waals surface area contributed by atoms with Gasteiger partial charge in [-0.2, -0.15) is 0 Å². The lowest BCUT2D eigenvalue weighted by Crippen LogP contribution is -2.38. The summed E-state index contributed by atoms with van der Waals surface area (Å²) >= 11 is 0. The lowest BCUT2D eigenvalue weighted by molar-refractivity contribution is 0.157. The van der Waals surface area contributed by atoms with E-state index in [2.05, 4.69) is 15.0 Å². The number of nitrogens with one attached hydrogen (secondary N) is 1. The molecule has 0 spiro atoms. The monoisotopic (exact) mass is 210 g/mol. The van der Waals surface area contributed by atoms with Crippen LogP contribution in [0.15, 0.2) is 24.5 Å². The zero-order valence-corrected chi connectivity index (χ0v) is 8.51. The summed E-state index contributed by atoms with van der Waals surface area (Å²) in [6, 6.07) is 3.35. The average Bonchev–Trinajstić information content (AvgIpc) is 2.29. The van der Waals surface area contributed by atoms with Crippen molar-refractivity contribution in [3.05, 3.63) is 30.1 Å². The van der Waals surface area contributed by atoms with Crippen LogP contribution in [-0.2, 0) is 11.2 Å². The molecule has 0 radical (unpaired) electrons. The van der Waals surface area contributed by atoms with Crippen LogP contribution in [0, 0.1) is 0 Å². The van der Waals surface area contributed by atoms with Crippen molar-refractivity contribution in [1.82, 2.24) is 10.3 Å². The number of aromatic nitrogens is 1. The predicted molar refractivity (Wildman–Crippen MR) is 54.4 cm³/mol. The van der Waals surface area contributed by atoms with E-state index in [1.807, 2.05) is 12.1 Å². The lowest BCUT2D eigenvalue weighted by atomic mass is 10.1. The molecule has 1 atom stereocenters. The Labute approximate surface area is 88.1 Å². The summed E-state index contributed by atoms with van der Waals surface area (Å²) < 4.78 is 4.44. The largest absolute Gasteiger partial charge is 0.453 e. The Morgan fingerprint density at radius 1 is 1.73 bits per heavy atom. The van der Waals surface area contributed by atoms with Gasteiger partial charge in [-0.05, 0) is 18.1 Å². The smallest absolute Gasteiger partial charge is 0.407 e. The number of rotatable bonds is 4. The first-order valence-electron chi connectivity index (χ1n) is 4.60. The molecule has 0 saturated heterocycles. The number of pyridine rings is 1. The summed E-state index contributed by atoms with van der Waals surface area (Å²) in [6.07, 6.45) is 3.35. The number of alkyl carbamates (subject to hydrolysis) is 1. The van der Waals surface area contributed by atoms with E-state index in [0.717, 1.165) is 5.56 Å². The van der Waals surface area contributed by atoms with Gasteiger partial charge < -0.3 is 15.2 Å². The van der Waals surface area contributed by atoms with Crippen LogP contribution in [0.3, 0.4) is 0 Å². The fourth-order valence-corrected chi connectivity index (χ4v) is 1.19. The van der Waals surface area contributed by atoms with Gasteiger partial charge in [0.15, 0.2) is 0 Å². The molecule has 0 aromatic carbocycles. The molecule has 82 valence electrons. The molecule has 15 heavy (non-hydrogen) atoms. The SMILES string of the molecule is COC(=O)N[C@H](CO)Cc1cccnc1. The second-order valence-corrected chi connectivity index (χ2v) is 3.08. The minimum atomic E-state index is -0.544. The van der Waals surface area contributed by atoms with Gasteiger partial charge >= 0.3 is 6.09 Å². The van der Waals surface area contributed by atoms with Crippen LogP contribution < -0.4 is 5.32 Å². The van der Waals surface area contributed by atoms with Gasteiger partial charge in [0.1, 0.15) is 0 Å². The van der Waals surface area contributed by atoms with Crippen molar-refractivity contribution >= 4 is 6.09 Å². The predicted octanol–water partition coefficient (Wildman–Crippen LogP) is 0.341. The highest BCUT2D eigenvalue weighted by atomic mass is 16.5. The molecule has 0 fully saturated rings. The Kier molecular flexibility index (Phi) is 4.56. The summed E-state index contributed by atoms with van der Waals surface area (Å²) in [5.74, 6) is 0. The van der Waals surface area contributed by atoms with Crippen LogP contribution >= 0.6 is 0 Å². The molecule has 1 rings (SSSR count). The van der Waals surface area contributed by atoms with Crippen molar-refractivity contribution in [2.45, 2.75) is 12.5 Å². The number of ether oxygens (including phenoxy) is 1. The van der Waals surface area contributed by atoms with Gasteiger partial charge in [0.05, 0.1) is 19.8 Å². The lowest BCUT2D eigenvalue weighted by Gasteiger charge is -2.14. The summed E-state index contributed by atoms with van der Waals surface area (Å²) in [4.78, 5) is 14.9. The van der Waals surface area contributed by atoms with Gasteiger partial charge in [-0.25, -0.2) is 4.79 Å². The highest BCUT2D eigenvalue weighted by molar-refractivity contribution is 5.67. The van der Waals surface area contributed by atoms with E-state index in [1.165, 1.54) is 7.11 Å². The minimum absolute atomic E-state index is 0.135. The van der Waals surface area contributed by atoms with Crippen LogP contribution in [-0.4, -0.2) is 35.9 Å². The van der Waals surface area contributed by atoms with E-state index in [4.69, 9.17) is 5.11 Å². The average molecular weight is 210 g/mol. The highest BCUT2D eigenvalue weighted by Crippen LogP contribution is 2.01. The third-order valence-corrected chi connectivity index (χ3v) is 1.93. The number of carbonyl (C=O) groups excluding carboxylic acids is 1. The summed E-state index contributed by atoms with van der Waals surface area (Å²) in [6.45, 7) is -0.135. The number of nitrogens with zero attached hydrogens (tertiary/aromatic N) is 1. The normalized spacial score (nSPS) is 11.9. The second kappa shape index (κ2) is 5.98. The molecule has 5 heteroatoms. The van der Waals surface area contributed by atoms with Gasteiger partial charge in [0, 0.05) is 12.4 Å². The molecule has 0 saturated carbocycles. The molecule has 5 nitrogen and oxygen atoms in total. The van der Waals surface area contributed by atoms with Gasteiger partial charge in [0.25, 0.3) is 0 Å². The fraction of sp³-hybridized carbons (Fsp3) is 0.400. The first kappa shape index (κ1) is 11.5. The number of carbonyl (C=O) groups is 1. The van der Waals surface area contributed by atoms with Crippen molar-refractivity contribution < 1.29 is 14.6 Å². The molecular weight excluding hydrogens is 196 g/mol. The Morgan fingerprint density at radius 3 is 3.07 bits per heavy atom. The van der Waals surface area contributed by atoms with Gasteiger partial charge in [-0.15, -0.1) is 0 Å². The number of hydrogen-bond acceptors (Lipinski definition) is 4. The summed E-state index contributed by atoms with van der Waals surface area (Å²) in [5.41, 5.74) is 0.952. The van der Waals surface area contributed by atoms with Crippen molar-refractivity contribution in [3.8, 4) is 0 Å². The number of aliphatic hydroxyl groups is 1. The van der Waals surface area contributed by atoms with Gasteiger partial charge in [-0.3, -0.25) is 4.98 Å². The van der Waals surface area contributed by atoms with Crippen molar-refractivity contribution in [2.24, 2.45) is 0 Å². The Bertz CT molecular complexity index is 303. The molecule has 0 aliphatic heterocycles. The zero-order valence-electron chi connectivity index (χ0n) is 8.51. The number of aliphatic hydroxyl groups excluding tert-OH is 1. The third kappa shape index (κ3) is 3.95. The van der Waals surface area contributed by atoms with Crippen molar-refractivity contribution in [2.75, 3.05) is 13.7 Å². The molecule has 1 aromatic heterocycles. The van der Waals surface area contributed by atoms with E-state index in [-0.39, 0.29) is 12.6 Å². The summed E-state index contributed by atoms with van der Waals surface area (Å²) in [7, 11) is 1.29.